The number of para-hydroxylation sites is 3. The van der Waals surface area contributed by atoms with Gasteiger partial charge in [0.1, 0.15) is 11.3 Å². The Morgan fingerprint density at radius 2 is 1.78 bits per heavy atom. The molecule has 27 heavy (non-hydrogen) atoms. The van der Waals surface area contributed by atoms with Gasteiger partial charge in [-0.25, -0.2) is 0 Å². The predicted molar refractivity (Wildman–Crippen MR) is 104 cm³/mol. The molecule has 2 aromatic carbocycles. The molecule has 2 heterocycles. The van der Waals surface area contributed by atoms with Crippen LogP contribution in [0, 0.1) is 6.92 Å². The first kappa shape index (κ1) is 16.8. The van der Waals surface area contributed by atoms with Gasteiger partial charge in [0, 0.05) is 17.1 Å². The van der Waals surface area contributed by atoms with Crippen molar-refractivity contribution in [3.05, 3.63) is 89.9 Å². The second kappa shape index (κ2) is 6.96. The molecule has 0 bridgehead atoms. The van der Waals surface area contributed by atoms with E-state index in [9.17, 15) is 9.90 Å². The molecule has 4 rings (SSSR count). The van der Waals surface area contributed by atoms with E-state index in [1.54, 1.807) is 30.5 Å². The molecule has 1 amide bonds. The minimum absolute atomic E-state index is 0.0237. The van der Waals surface area contributed by atoms with Gasteiger partial charge in [0.05, 0.1) is 17.9 Å². The van der Waals surface area contributed by atoms with E-state index in [2.05, 4.69) is 4.98 Å². The number of fused-ring (bicyclic) bond motifs is 1. The summed E-state index contributed by atoms with van der Waals surface area (Å²) in [7, 11) is 0. The highest BCUT2D eigenvalue weighted by Gasteiger charge is 2.26. The highest BCUT2D eigenvalue weighted by molar-refractivity contribution is 6.08. The van der Waals surface area contributed by atoms with Crippen LogP contribution in [-0.2, 0) is 6.54 Å². The third-order valence-corrected chi connectivity index (χ3v) is 4.50. The van der Waals surface area contributed by atoms with E-state index in [1.807, 2.05) is 49.4 Å². The zero-order valence-corrected chi connectivity index (χ0v) is 14.8. The standard InChI is InChI=1S/C22H18N2O3/c1-15-17-9-2-5-12-20(17)27-21(15)22(26)24(14-16-8-6-7-13-23-16)18-10-3-4-11-19(18)25/h2-13,25H,14H2,1H3. The lowest BCUT2D eigenvalue weighted by Gasteiger charge is -2.22. The quantitative estimate of drug-likeness (QED) is 0.575. The fraction of sp³-hybridized carbons (Fsp3) is 0.0909. The van der Waals surface area contributed by atoms with E-state index in [4.69, 9.17) is 4.42 Å². The first-order valence-electron chi connectivity index (χ1n) is 8.63. The Morgan fingerprint density at radius 3 is 2.52 bits per heavy atom. The number of carbonyl (C=O) groups is 1. The number of hydrogen-bond donors (Lipinski definition) is 1. The Kier molecular flexibility index (Phi) is 4.34. The Hall–Kier alpha value is -3.60. The maximum Gasteiger partial charge on any atom is 0.294 e. The van der Waals surface area contributed by atoms with Crippen molar-refractivity contribution in [3.63, 3.8) is 0 Å². The zero-order valence-electron chi connectivity index (χ0n) is 14.8. The smallest absolute Gasteiger partial charge is 0.294 e. The third kappa shape index (κ3) is 3.15. The number of nitrogens with zero attached hydrogens (tertiary/aromatic N) is 2. The van der Waals surface area contributed by atoms with E-state index in [-0.39, 0.29) is 24.0 Å². The number of aromatic nitrogens is 1. The summed E-state index contributed by atoms with van der Waals surface area (Å²) in [5.74, 6) is -0.0400. The number of phenolic OH excluding ortho intramolecular Hbond substituents is 1. The molecular formula is C22H18N2O3. The fourth-order valence-electron chi connectivity index (χ4n) is 3.11. The van der Waals surface area contributed by atoms with Crippen molar-refractivity contribution >= 4 is 22.6 Å². The van der Waals surface area contributed by atoms with Gasteiger partial charge in [-0.2, -0.15) is 0 Å². The number of rotatable bonds is 4. The summed E-state index contributed by atoms with van der Waals surface area (Å²) < 4.78 is 5.85. The summed E-state index contributed by atoms with van der Waals surface area (Å²) in [4.78, 5) is 19.2. The maximum absolute atomic E-state index is 13.4. The first-order valence-corrected chi connectivity index (χ1v) is 8.63. The number of aromatic hydroxyl groups is 1. The summed E-state index contributed by atoms with van der Waals surface area (Å²) >= 11 is 0. The zero-order chi connectivity index (χ0) is 18.8. The van der Waals surface area contributed by atoms with Gasteiger partial charge in [-0.3, -0.25) is 14.7 Å². The predicted octanol–water partition coefficient (Wildman–Crippen LogP) is 4.69. The molecule has 0 spiro atoms. The van der Waals surface area contributed by atoms with Gasteiger partial charge in [0.15, 0.2) is 5.76 Å². The molecule has 5 nitrogen and oxygen atoms in total. The molecule has 5 heteroatoms. The van der Waals surface area contributed by atoms with Crippen LogP contribution in [-0.4, -0.2) is 16.0 Å². The molecular weight excluding hydrogens is 340 g/mol. The van der Waals surface area contributed by atoms with Crippen molar-refractivity contribution in [2.45, 2.75) is 13.5 Å². The van der Waals surface area contributed by atoms with Crippen molar-refractivity contribution in [3.8, 4) is 5.75 Å². The molecule has 134 valence electrons. The highest BCUT2D eigenvalue weighted by Crippen LogP contribution is 2.32. The number of anilines is 1. The largest absolute Gasteiger partial charge is 0.506 e. The van der Waals surface area contributed by atoms with Crippen LogP contribution in [0.3, 0.4) is 0 Å². The lowest BCUT2D eigenvalue weighted by molar-refractivity contribution is 0.0958. The average molecular weight is 358 g/mol. The van der Waals surface area contributed by atoms with E-state index < -0.39 is 0 Å². The molecule has 0 saturated carbocycles. The monoisotopic (exact) mass is 358 g/mol. The van der Waals surface area contributed by atoms with Crippen LogP contribution in [0.4, 0.5) is 5.69 Å². The van der Waals surface area contributed by atoms with Crippen LogP contribution in [0.5, 0.6) is 5.75 Å². The van der Waals surface area contributed by atoms with Gasteiger partial charge < -0.3 is 9.52 Å². The van der Waals surface area contributed by atoms with Crippen LogP contribution in [0.1, 0.15) is 21.8 Å². The topological polar surface area (TPSA) is 66.6 Å². The number of furan rings is 1. The Balaban J connectivity index is 1.80. The minimum atomic E-state index is -0.323. The molecule has 0 radical (unpaired) electrons. The molecule has 0 aliphatic heterocycles. The van der Waals surface area contributed by atoms with Gasteiger partial charge in [0.2, 0.25) is 0 Å². The molecule has 0 aliphatic rings. The summed E-state index contributed by atoms with van der Waals surface area (Å²) in [6, 6.07) is 19.8. The number of amides is 1. The number of benzene rings is 2. The number of aryl methyl sites for hydroxylation is 1. The number of hydrogen-bond acceptors (Lipinski definition) is 4. The maximum atomic E-state index is 13.4. The van der Waals surface area contributed by atoms with Gasteiger partial charge in [0.25, 0.3) is 5.91 Å². The molecule has 0 unspecified atom stereocenters. The van der Waals surface area contributed by atoms with Crippen molar-refractivity contribution < 1.29 is 14.3 Å². The van der Waals surface area contributed by atoms with Crippen LogP contribution >= 0.6 is 0 Å². The van der Waals surface area contributed by atoms with E-state index >= 15 is 0 Å². The van der Waals surface area contributed by atoms with Crippen molar-refractivity contribution in [2.24, 2.45) is 0 Å². The van der Waals surface area contributed by atoms with E-state index in [1.165, 1.54) is 4.90 Å². The summed E-state index contributed by atoms with van der Waals surface area (Å²) in [6.07, 6.45) is 1.68. The van der Waals surface area contributed by atoms with Gasteiger partial charge in [-0.1, -0.05) is 36.4 Å². The second-order valence-electron chi connectivity index (χ2n) is 6.25. The van der Waals surface area contributed by atoms with Crippen LogP contribution in [0.2, 0.25) is 0 Å². The molecule has 0 atom stereocenters. The summed E-state index contributed by atoms with van der Waals surface area (Å²) in [6.45, 7) is 2.08. The van der Waals surface area contributed by atoms with Gasteiger partial charge in [-0.05, 0) is 37.3 Å². The molecule has 4 aromatic rings. The number of carbonyl (C=O) groups excluding carboxylic acids is 1. The Bertz CT molecular complexity index is 1100. The molecule has 2 aromatic heterocycles. The molecule has 0 aliphatic carbocycles. The Labute approximate surface area is 156 Å². The van der Waals surface area contributed by atoms with E-state index in [0.29, 0.717) is 17.0 Å². The number of pyridine rings is 1. The average Bonchev–Trinajstić information content (AvgIpc) is 3.04. The first-order chi connectivity index (χ1) is 13.1. The summed E-state index contributed by atoms with van der Waals surface area (Å²) in [5, 5.41) is 11.2. The minimum Gasteiger partial charge on any atom is -0.506 e. The molecule has 1 N–H and O–H groups in total. The fourth-order valence-corrected chi connectivity index (χ4v) is 3.11. The Morgan fingerprint density at radius 1 is 1.04 bits per heavy atom. The molecule has 0 saturated heterocycles. The van der Waals surface area contributed by atoms with E-state index in [0.717, 1.165) is 10.9 Å². The van der Waals surface area contributed by atoms with Crippen molar-refractivity contribution in [2.75, 3.05) is 4.90 Å². The SMILES string of the molecule is Cc1c(C(=O)N(Cc2ccccn2)c2ccccc2O)oc2ccccc12. The summed E-state index contributed by atoms with van der Waals surface area (Å²) in [5.41, 5.74) is 2.56. The van der Waals surface area contributed by atoms with Crippen LogP contribution in [0.15, 0.2) is 77.3 Å². The normalized spacial score (nSPS) is 10.9. The van der Waals surface area contributed by atoms with Crippen LogP contribution in [0.25, 0.3) is 11.0 Å². The van der Waals surface area contributed by atoms with Crippen LogP contribution < -0.4 is 4.90 Å². The van der Waals surface area contributed by atoms with Gasteiger partial charge in [-0.15, -0.1) is 0 Å². The lowest BCUT2D eigenvalue weighted by Crippen LogP contribution is -2.31. The van der Waals surface area contributed by atoms with Crippen molar-refractivity contribution in [1.82, 2.24) is 4.98 Å². The third-order valence-electron chi connectivity index (χ3n) is 4.50. The van der Waals surface area contributed by atoms with Gasteiger partial charge >= 0.3 is 0 Å². The van der Waals surface area contributed by atoms with Crippen molar-refractivity contribution in [1.29, 1.82) is 0 Å². The second-order valence-corrected chi connectivity index (χ2v) is 6.25. The lowest BCUT2D eigenvalue weighted by atomic mass is 10.1. The highest BCUT2D eigenvalue weighted by atomic mass is 16.3. The molecule has 0 fully saturated rings. The number of phenols is 1.